The van der Waals surface area contributed by atoms with Crippen LogP contribution in [0.25, 0.3) is 0 Å². The lowest BCUT2D eigenvalue weighted by Crippen LogP contribution is -2.30. The molecule has 0 saturated carbocycles. The van der Waals surface area contributed by atoms with E-state index in [2.05, 4.69) is 45.0 Å². The molecule has 1 aromatic carbocycles. The van der Waals surface area contributed by atoms with Crippen molar-refractivity contribution in [3.63, 3.8) is 0 Å². The van der Waals surface area contributed by atoms with Gasteiger partial charge in [0.2, 0.25) is 0 Å². The number of benzene rings is 1. The first-order valence-corrected chi connectivity index (χ1v) is 8.91. The van der Waals surface area contributed by atoms with Gasteiger partial charge in [0.05, 0.1) is 12.2 Å². The lowest BCUT2D eigenvalue weighted by atomic mass is 10.1. The lowest BCUT2D eigenvalue weighted by Gasteiger charge is -2.22. The van der Waals surface area contributed by atoms with E-state index in [0.717, 1.165) is 38.9 Å². The summed E-state index contributed by atoms with van der Waals surface area (Å²) in [4.78, 5) is 14.4. The average Bonchev–Trinajstić information content (AvgIpc) is 3.16. The summed E-state index contributed by atoms with van der Waals surface area (Å²) in [6.07, 6.45) is 4.69. The van der Waals surface area contributed by atoms with E-state index in [-0.39, 0.29) is 30.7 Å². The summed E-state index contributed by atoms with van der Waals surface area (Å²) in [6.45, 7) is 3.48. The predicted octanol–water partition coefficient (Wildman–Crippen LogP) is 2.30. The number of carbonyl (C=O) groups is 1. The SMILES string of the molecule is CN(CCCNC(=O)c1cn(C2CCNCC2)nn1)c1ccccc1.Cl.Cl. The molecule has 1 aliphatic heterocycles. The number of piperidine rings is 1. The summed E-state index contributed by atoms with van der Waals surface area (Å²) in [7, 11) is 2.06. The van der Waals surface area contributed by atoms with E-state index in [0.29, 0.717) is 18.3 Å². The minimum Gasteiger partial charge on any atom is -0.375 e. The molecule has 9 heteroatoms. The number of carbonyl (C=O) groups excluding carboxylic acids is 1. The van der Waals surface area contributed by atoms with Crippen LogP contribution in [0.15, 0.2) is 36.5 Å². The Balaban J connectivity index is 0.00000182. The van der Waals surface area contributed by atoms with Crippen LogP contribution in [0, 0.1) is 0 Å². The molecule has 0 unspecified atom stereocenters. The first kappa shape index (κ1) is 23.2. The largest absolute Gasteiger partial charge is 0.375 e. The van der Waals surface area contributed by atoms with E-state index >= 15 is 0 Å². The average molecular weight is 415 g/mol. The molecule has 1 fully saturated rings. The maximum absolute atomic E-state index is 12.2. The van der Waals surface area contributed by atoms with Crippen molar-refractivity contribution in [3.8, 4) is 0 Å². The van der Waals surface area contributed by atoms with E-state index in [9.17, 15) is 4.79 Å². The van der Waals surface area contributed by atoms with Crippen LogP contribution < -0.4 is 15.5 Å². The summed E-state index contributed by atoms with van der Waals surface area (Å²) in [5.41, 5.74) is 1.58. The molecule has 1 saturated heterocycles. The zero-order valence-corrected chi connectivity index (χ0v) is 17.1. The molecule has 1 aromatic heterocycles. The molecule has 0 radical (unpaired) electrons. The molecular formula is C18H28Cl2N6O. The van der Waals surface area contributed by atoms with Gasteiger partial charge in [-0.05, 0) is 44.5 Å². The summed E-state index contributed by atoms with van der Waals surface area (Å²) >= 11 is 0. The molecule has 2 N–H and O–H groups in total. The molecule has 150 valence electrons. The number of amides is 1. The van der Waals surface area contributed by atoms with E-state index < -0.39 is 0 Å². The molecule has 27 heavy (non-hydrogen) atoms. The quantitative estimate of drug-likeness (QED) is 0.679. The van der Waals surface area contributed by atoms with Gasteiger partial charge >= 0.3 is 0 Å². The van der Waals surface area contributed by atoms with Gasteiger partial charge in [-0.15, -0.1) is 29.9 Å². The Kier molecular flexibility index (Phi) is 10.1. The van der Waals surface area contributed by atoms with Crippen LogP contribution in [0.3, 0.4) is 0 Å². The molecule has 1 aliphatic rings. The van der Waals surface area contributed by atoms with Crippen molar-refractivity contribution in [2.24, 2.45) is 0 Å². The number of rotatable bonds is 7. The van der Waals surface area contributed by atoms with Crippen molar-refractivity contribution in [2.45, 2.75) is 25.3 Å². The van der Waals surface area contributed by atoms with Crippen molar-refractivity contribution >= 4 is 36.4 Å². The van der Waals surface area contributed by atoms with Crippen LogP contribution in [-0.4, -0.2) is 54.1 Å². The number of hydrogen-bond acceptors (Lipinski definition) is 5. The monoisotopic (exact) mass is 414 g/mol. The Bertz CT molecular complexity index is 676. The van der Waals surface area contributed by atoms with E-state index in [1.54, 1.807) is 6.20 Å². The first-order chi connectivity index (χ1) is 12.2. The van der Waals surface area contributed by atoms with Gasteiger partial charge < -0.3 is 15.5 Å². The van der Waals surface area contributed by atoms with Gasteiger partial charge in [0.25, 0.3) is 5.91 Å². The zero-order chi connectivity index (χ0) is 17.5. The third-order valence-electron chi connectivity index (χ3n) is 4.58. The summed E-state index contributed by atoms with van der Waals surface area (Å²) in [6, 6.07) is 10.6. The number of halogens is 2. The topological polar surface area (TPSA) is 75.1 Å². The normalized spacial score (nSPS) is 14.0. The Labute approximate surface area is 172 Å². The maximum Gasteiger partial charge on any atom is 0.273 e. The molecule has 2 heterocycles. The van der Waals surface area contributed by atoms with E-state index in [1.807, 2.05) is 22.9 Å². The van der Waals surface area contributed by atoms with Gasteiger partial charge in [-0.25, -0.2) is 4.68 Å². The van der Waals surface area contributed by atoms with Crippen molar-refractivity contribution in [1.82, 2.24) is 25.6 Å². The molecule has 1 amide bonds. The highest BCUT2D eigenvalue weighted by molar-refractivity contribution is 5.91. The number of nitrogens with zero attached hydrogens (tertiary/aromatic N) is 4. The van der Waals surface area contributed by atoms with Gasteiger partial charge in [0.1, 0.15) is 0 Å². The number of hydrogen-bond donors (Lipinski definition) is 2. The fourth-order valence-corrected chi connectivity index (χ4v) is 3.05. The molecule has 0 spiro atoms. The smallest absolute Gasteiger partial charge is 0.273 e. The third kappa shape index (κ3) is 6.68. The van der Waals surface area contributed by atoms with Crippen molar-refractivity contribution in [3.05, 3.63) is 42.2 Å². The van der Waals surface area contributed by atoms with Gasteiger partial charge in [-0.1, -0.05) is 23.4 Å². The minimum absolute atomic E-state index is 0. The summed E-state index contributed by atoms with van der Waals surface area (Å²) in [5, 5.41) is 14.4. The second-order valence-electron chi connectivity index (χ2n) is 6.43. The predicted molar refractivity (Wildman–Crippen MR) is 112 cm³/mol. The van der Waals surface area contributed by atoms with E-state index in [1.165, 1.54) is 5.69 Å². The lowest BCUT2D eigenvalue weighted by molar-refractivity contribution is 0.0948. The third-order valence-corrected chi connectivity index (χ3v) is 4.58. The second-order valence-corrected chi connectivity index (χ2v) is 6.43. The number of para-hydroxylation sites is 1. The van der Waals surface area contributed by atoms with Crippen molar-refractivity contribution < 1.29 is 4.79 Å². The number of nitrogens with one attached hydrogen (secondary N) is 2. The molecule has 0 bridgehead atoms. The van der Waals surface area contributed by atoms with Crippen LogP contribution in [0.2, 0.25) is 0 Å². The highest BCUT2D eigenvalue weighted by Gasteiger charge is 2.18. The van der Waals surface area contributed by atoms with Gasteiger partial charge in [-0.3, -0.25) is 4.79 Å². The van der Waals surface area contributed by atoms with Crippen LogP contribution in [-0.2, 0) is 0 Å². The fraction of sp³-hybridized carbons (Fsp3) is 0.500. The molecule has 3 rings (SSSR count). The van der Waals surface area contributed by atoms with Crippen LogP contribution in [0.4, 0.5) is 5.69 Å². The minimum atomic E-state index is -0.150. The Morgan fingerprint density at radius 1 is 1.26 bits per heavy atom. The Morgan fingerprint density at radius 2 is 1.96 bits per heavy atom. The van der Waals surface area contributed by atoms with Crippen molar-refractivity contribution in [1.29, 1.82) is 0 Å². The molecule has 0 aliphatic carbocycles. The Hall–Kier alpha value is -1.83. The van der Waals surface area contributed by atoms with Crippen LogP contribution >= 0.6 is 24.8 Å². The zero-order valence-electron chi connectivity index (χ0n) is 15.5. The molecular weight excluding hydrogens is 387 g/mol. The maximum atomic E-state index is 12.2. The van der Waals surface area contributed by atoms with Crippen LogP contribution in [0.1, 0.15) is 35.8 Å². The summed E-state index contributed by atoms with van der Waals surface area (Å²) in [5.74, 6) is -0.150. The molecule has 0 atom stereocenters. The number of anilines is 1. The summed E-state index contributed by atoms with van der Waals surface area (Å²) < 4.78 is 1.83. The van der Waals surface area contributed by atoms with Gasteiger partial charge in [0.15, 0.2) is 5.69 Å². The fourth-order valence-electron chi connectivity index (χ4n) is 3.05. The van der Waals surface area contributed by atoms with Crippen LogP contribution in [0.5, 0.6) is 0 Å². The second kappa shape index (κ2) is 11.8. The highest BCUT2D eigenvalue weighted by atomic mass is 35.5. The molecule has 2 aromatic rings. The first-order valence-electron chi connectivity index (χ1n) is 8.91. The highest BCUT2D eigenvalue weighted by Crippen LogP contribution is 2.17. The van der Waals surface area contributed by atoms with Crippen molar-refractivity contribution in [2.75, 3.05) is 38.1 Å². The van der Waals surface area contributed by atoms with Gasteiger partial charge in [0, 0.05) is 25.8 Å². The molecule has 7 nitrogen and oxygen atoms in total. The van der Waals surface area contributed by atoms with Gasteiger partial charge in [-0.2, -0.15) is 0 Å². The Morgan fingerprint density at radius 3 is 2.67 bits per heavy atom. The standard InChI is InChI=1S/C18H26N6O.2ClH/c1-23(15-6-3-2-4-7-15)13-5-10-20-18(25)17-14-24(22-21-17)16-8-11-19-12-9-16;;/h2-4,6-7,14,16,19H,5,8-13H2,1H3,(H,20,25);2*1H. The number of aromatic nitrogens is 3. The van der Waals surface area contributed by atoms with E-state index in [4.69, 9.17) is 0 Å².